The summed E-state index contributed by atoms with van der Waals surface area (Å²) >= 11 is 2.66. The Hall–Kier alpha value is -3.50. The highest BCUT2D eigenvalue weighted by Gasteiger charge is 2.32. The van der Waals surface area contributed by atoms with Crippen LogP contribution < -0.4 is 0 Å². The monoisotopic (exact) mass is 492 g/mol. The van der Waals surface area contributed by atoms with Gasteiger partial charge in [-0.05, 0) is 71.1 Å². The molecule has 172 valence electrons. The molecule has 3 heterocycles. The second-order valence-electron chi connectivity index (χ2n) is 7.78. The Bertz CT molecular complexity index is 1190. The van der Waals surface area contributed by atoms with E-state index in [0.717, 1.165) is 11.1 Å². The van der Waals surface area contributed by atoms with Gasteiger partial charge < -0.3 is 20.0 Å². The number of aliphatic imine (C=N–C) groups is 2. The van der Waals surface area contributed by atoms with Crippen LogP contribution in [-0.2, 0) is 9.59 Å². The molecule has 0 radical (unpaired) electrons. The Morgan fingerprint density at radius 3 is 1.50 bits per heavy atom. The first-order valence-electron chi connectivity index (χ1n) is 10.6. The van der Waals surface area contributed by atoms with E-state index < -0.39 is 0 Å². The largest absolute Gasteiger partial charge is 0.508 e. The Labute approximate surface area is 204 Å². The van der Waals surface area contributed by atoms with Crippen LogP contribution in [-0.4, -0.2) is 68.3 Å². The van der Waals surface area contributed by atoms with Crippen molar-refractivity contribution in [1.29, 1.82) is 0 Å². The van der Waals surface area contributed by atoms with E-state index in [1.165, 1.54) is 23.5 Å². The number of hydrogen-bond donors (Lipinski definition) is 2. The minimum Gasteiger partial charge on any atom is -0.508 e. The van der Waals surface area contributed by atoms with Gasteiger partial charge in [0.2, 0.25) is 0 Å². The number of phenols is 2. The number of benzene rings is 2. The van der Waals surface area contributed by atoms with Gasteiger partial charge in [-0.15, -0.1) is 0 Å². The predicted molar refractivity (Wildman–Crippen MR) is 135 cm³/mol. The molecule has 2 N–H and O–H groups in total. The van der Waals surface area contributed by atoms with E-state index in [4.69, 9.17) is 0 Å². The summed E-state index contributed by atoms with van der Waals surface area (Å²) in [7, 11) is 0. The standard InChI is InChI=1S/C24H20N4O4S2/c29-17-5-1-3-15(11-17)13-19-21(31)25-23(33-19)27-7-9-28(10-8-27)24-26-22(32)20(34-24)14-16-4-2-6-18(30)12-16/h1-6,11-14,29-30H,7-10H2/b19-13-,20-14-. The summed E-state index contributed by atoms with van der Waals surface area (Å²) in [5.41, 5.74) is 1.49. The van der Waals surface area contributed by atoms with Crippen LogP contribution in [0.5, 0.6) is 11.5 Å². The number of aromatic hydroxyl groups is 2. The topological polar surface area (TPSA) is 106 Å². The van der Waals surface area contributed by atoms with Crippen molar-refractivity contribution in [1.82, 2.24) is 9.80 Å². The van der Waals surface area contributed by atoms with Crippen molar-refractivity contribution >= 4 is 57.8 Å². The molecule has 0 spiro atoms. The van der Waals surface area contributed by atoms with E-state index in [1.807, 2.05) is 12.1 Å². The average molecular weight is 493 g/mol. The molecule has 0 aliphatic carbocycles. The second-order valence-corrected chi connectivity index (χ2v) is 9.80. The molecule has 2 aromatic rings. The van der Waals surface area contributed by atoms with Crippen molar-refractivity contribution < 1.29 is 19.8 Å². The molecular formula is C24H20N4O4S2. The van der Waals surface area contributed by atoms with E-state index in [1.54, 1.807) is 48.6 Å². The van der Waals surface area contributed by atoms with Crippen LogP contribution in [0.2, 0.25) is 0 Å². The van der Waals surface area contributed by atoms with Crippen LogP contribution in [0.4, 0.5) is 0 Å². The molecule has 10 heteroatoms. The van der Waals surface area contributed by atoms with Gasteiger partial charge in [-0.3, -0.25) is 9.59 Å². The summed E-state index contributed by atoms with van der Waals surface area (Å²) in [4.78, 5) is 38.3. The number of phenolic OH excluding ortho intramolecular Hbond substituents is 2. The molecule has 8 nitrogen and oxygen atoms in total. The van der Waals surface area contributed by atoms with Gasteiger partial charge in [-0.25, -0.2) is 0 Å². The van der Waals surface area contributed by atoms with Crippen LogP contribution in [0.3, 0.4) is 0 Å². The third-order valence-corrected chi connectivity index (χ3v) is 7.46. The molecule has 3 aliphatic rings. The molecular weight excluding hydrogens is 472 g/mol. The van der Waals surface area contributed by atoms with Gasteiger partial charge >= 0.3 is 0 Å². The fourth-order valence-corrected chi connectivity index (χ4v) is 5.62. The molecule has 0 aromatic heterocycles. The lowest BCUT2D eigenvalue weighted by Crippen LogP contribution is -2.49. The molecule has 3 aliphatic heterocycles. The van der Waals surface area contributed by atoms with Gasteiger partial charge in [0.15, 0.2) is 10.3 Å². The highest BCUT2D eigenvalue weighted by atomic mass is 32.2. The van der Waals surface area contributed by atoms with Gasteiger partial charge in [0.05, 0.1) is 9.81 Å². The predicted octanol–water partition coefficient (Wildman–Crippen LogP) is 3.36. The summed E-state index contributed by atoms with van der Waals surface area (Å²) < 4.78 is 0. The van der Waals surface area contributed by atoms with Crippen LogP contribution >= 0.6 is 23.5 Å². The van der Waals surface area contributed by atoms with Crippen molar-refractivity contribution in [3.8, 4) is 11.5 Å². The Kier molecular flexibility index (Phi) is 6.16. The first-order valence-corrected chi connectivity index (χ1v) is 12.2. The highest BCUT2D eigenvalue weighted by molar-refractivity contribution is 8.18. The molecule has 1 fully saturated rings. The zero-order valence-electron chi connectivity index (χ0n) is 17.9. The lowest BCUT2D eigenvalue weighted by Gasteiger charge is -2.35. The van der Waals surface area contributed by atoms with E-state index >= 15 is 0 Å². The van der Waals surface area contributed by atoms with Gasteiger partial charge in [-0.1, -0.05) is 24.3 Å². The summed E-state index contributed by atoms with van der Waals surface area (Å²) in [6.07, 6.45) is 3.46. The minimum absolute atomic E-state index is 0.146. The number of carbonyl (C=O) groups is 2. The van der Waals surface area contributed by atoms with Crippen LogP contribution in [0.25, 0.3) is 12.2 Å². The van der Waals surface area contributed by atoms with Gasteiger partial charge in [0.25, 0.3) is 11.8 Å². The number of carbonyl (C=O) groups excluding carboxylic acids is 2. The van der Waals surface area contributed by atoms with Crippen molar-refractivity contribution in [2.45, 2.75) is 0 Å². The number of amides is 2. The van der Waals surface area contributed by atoms with Crippen molar-refractivity contribution in [3.05, 3.63) is 69.5 Å². The Morgan fingerprint density at radius 2 is 1.12 bits per heavy atom. The van der Waals surface area contributed by atoms with Crippen LogP contribution in [0.1, 0.15) is 11.1 Å². The van der Waals surface area contributed by atoms with Gasteiger partial charge in [-0.2, -0.15) is 9.98 Å². The van der Waals surface area contributed by atoms with E-state index in [2.05, 4.69) is 19.8 Å². The zero-order chi connectivity index (χ0) is 23.7. The number of rotatable bonds is 2. The van der Waals surface area contributed by atoms with Crippen LogP contribution in [0.15, 0.2) is 68.3 Å². The lowest BCUT2D eigenvalue weighted by atomic mass is 10.2. The van der Waals surface area contributed by atoms with E-state index in [-0.39, 0.29) is 23.3 Å². The van der Waals surface area contributed by atoms with Crippen molar-refractivity contribution in [2.75, 3.05) is 26.2 Å². The molecule has 0 bridgehead atoms. The SMILES string of the molecule is O=C1N=C(N2CCN(C3=NC(=O)/C(=C/c4cccc(O)c4)S3)CC2)S/C1=C\c1cccc(O)c1. The summed E-state index contributed by atoms with van der Waals surface area (Å²) in [5.74, 6) is -0.274. The zero-order valence-corrected chi connectivity index (χ0v) is 19.6. The maximum atomic E-state index is 12.4. The Morgan fingerprint density at radius 1 is 0.706 bits per heavy atom. The average Bonchev–Trinajstić information content (AvgIpc) is 3.36. The Balaban J connectivity index is 1.19. The second kappa shape index (κ2) is 9.40. The smallest absolute Gasteiger partial charge is 0.286 e. The highest BCUT2D eigenvalue weighted by Crippen LogP contribution is 2.33. The number of hydrogen-bond acceptors (Lipinski definition) is 8. The molecule has 5 rings (SSSR count). The van der Waals surface area contributed by atoms with Crippen molar-refractivity contribution in [3.63, 3.8) is 0 Å². The molecule has 1 saturated heterocycles. The number of nitrogens with zero attached hydrogens (tertiary/aromatic N) is 4. The van der Waals surface area contributed by atoms with E-state index in [9.17, 15) is 19.8 Å². The molecule has 2 aromatic carbocycles. The fourth-order valence-electron chi connectivity index (χ4n) is 3.69. The third-order valence-electron chi connectivity index (χ3n) is 5.38. The molecule has 0 unspecified atom stereocenters. The molecule has 0 atom stereocenters. The number of piperazine rings is 1. The number of thioether (sulfide) groups is 2. The maximum absolute atomic E-state index is 12.4. The van der Waals surface area contributed by atoms with Gasteiger partial charge in [0.1, 0.15) is 11.5 Å². The molecule has 0 saturated carbocycles. The summed E-state index contributed by atoms with van der Waals surface area (Å²) in [6.45, 7) is 2.60. The molecule has 34 heavy (non-hydrogen) atoms. The number of amidine groups is 2. The fraction of sp³-hybridized carbons (Fsp3) is 0.167. The third kappa shape index (κ3) is 4.87. The minimum atomic E-state index is -0.283. The summed E-state index contributed by atoms with van der Waals surface area (Å²) in [5, 5.41) is 20.6. The normalized spacial score (nSPS) is 20.9. The summed E-state index contributed by atoms with van der Waals surface area (Å²) in [6, 6.07) is 13.5. The quantitative estimate of drug-likeness (QED) is 0.615. The molecule has 2 amide bonds. The van der Waals surface area contributed by atoms with Crippen LogP contribution in [0, 0.1) is 0 Å². The van der Waals surface area contributed by atoms with E-state index in [0.29, 0.717) is 46.3 Å². The lowest BCUT2D eigenvalue weighted by molar-refractivity contribution is -0.114. The van der Waals surface area contributed by atoms with Gasteiger partial charge in [0, 0.05) is 26.2 Å². The maximum Gasteiger partial charge on any atom is 0.286 e. The first-order chi connectivity index (χ1) is 16.4. The first kappa shape index (κ1) is 22.3. The van der Waals surface area contributed by atoms with Crippen molar-refractivity contribution in [2.24, 2.45) is 9.98 Å².